The van der Waals surface area contributed by atoms with E-state index in [4.69, 9.17) is 11.5 Å². The molecule has 1 aromatic carbocycles. The van der Waals surface area contributed by atoms with Gasteiger partial charge in [0, 0.05) is 88.3 Å². The Morgan fingerprint density at radius 1 is 0.417 bits per heavy atom. The van der Waals surface area contributed by atoms with Gasteiger partial charge in [-0.05, 0) is 62.8 Å². The van der Waals surface area contributed by atoms with Crippen molar-refractivity contribution in [2.75, 3.05) is 69.3 Å². The number of aliphatic carboxylic acids is 4. The molecule has 12 amide bonds. The van der Waals surface area contributed by atoms with Crippen LogP contribution in [0.2, 0.25) is 0 Å². The Balaban J connectivity index is 2.07. The molecule has 2 heterocycles. The van der Waals surface area contributed by atoms with Gasteiger partial charge in [0.15, 0.2) is 11.2 Å². The molecule has 3 rings (SSSR count). The fraction of sp³-hybridized carbons (Fsp3) is 0.606. The first-order valence-corrected chi connectivity index (χ1v) is 39.5. The zero-order valence-corrected chi connectivity index (χ0v) is 68.5. The van der Waals surface area contributed by atoms with Gasteiger partial charge in [-0.1, -0.05) is 0 Å². The minimum Gasteiger partial charge on any atom is -0.481 e. The summed E-state index contributed by atoms with van der Waals surface area (Å²) in [5.41, 5.74) is 11.8. The predicted molar refractivity (Wildman–Crippen MR) is 430 cm³/mol. The minimum absolute atomic E-state index is 0.0660. The average molecular weight is 1840 g/mol. The smallest absolute Gasteiger partial charge is 0.327 e. The molecule has 0 saturated carbocycles. The van der Waals surface area contributed by atoms with E-state index < -0.39 is 351 Å². The molecular formula is C71H109N19O36S. The van der Waals surface area contributed by atoms with Crippen molar-refractivity contribution in [1.82, 2.24) is 83.7 Å². The molecule has 2 aromatic heterocycles. The van der Waals surface area contributed by atoms with E-state index in [0.717, 1.165) is 0 Å². The second-order valence-corrected chi connectivity index (χ2v) is 28.9. The molecule has 0 aliphatic rings. The molecule has 55 nitrogen and oxygen atoms in total. The number of fused-ring (bicyclic) bond motifs is 1. The molecule has 127 heavy (non-hydrogen) atoms. The van der Waals surface area contributed by atoms with Gasteiger partial charge in [0.25, 0.3) is 5.91 Å². The third-order valence-electron chi connectivity index (χ3n) is 18.6. The van der Waals surface area contributed by atoms with Gasteiger partial charge in [0.05, 0.1) is 63.0 Å². The van der Waals surface area contributed by atoms with Gasteiger partial charge in [-0.3, -0.25) is 76.7 Å². The number of hydrogen-bond acceptors (Lipinski definition) is 39. The van der Waals surface area contributed by atoms with Crippen molar-refractivity contribution in [3.63, 3.8) is 0 Å². The Bertz CT molecular complexity index is 4260. The highest BCUT2D eigenvalue weighted by molar-refractivity contribution is 7.80. The molecule has 3 aromatic rings. The van der Waals surface area contributed by atoms with Crippen LogP contribution in [-0.2, 0) is 78.5 Å². The number of carbonyl (C=O) groups is 16. The van der Waals surface area contributed by atoms with E-state index in [-0.39, 0.29) is 42.2 Å². The maximum Gasteiger partial charge on any atom is 0.327 e. The number of nitrogen functional groups attached to an aromatic ring is 1. The highest BCUT2D eigenvalue weighted by Gasteiger charge is 2.38. The number of H-pyrrole nitrogens is 1. The van der Waals surface area contributed by atoms with Gasteiger partial charge >= 0.3 is 29.4 Å². The lowest BCUT2D eigenvalue weighted by molar-refractivity contribution is -0.143. The number of carbonyl (C=O) groups excluding carboxylic acids is 12. The lowest BCUT2D eigenvalue weighted by Gasteiger charge is -2.27. The Hall–Kier alpha value is -11.7. The number of aliphatic hydroxyl groups is 15. The number of benzene rings is 1. The highest BCUT2D eigenvalue weighted by Crippen LogP contribution is 2.16. The number of carboxylic acid groups (broad SMARTS) is 4. The van der Waals surface area contributed by atoms with E-state index in [1.165, 1.54) is 30.5 Å². The summed E-state index contributed by atoms with van der Waals surface area (Å²) in [7, 11) is 0. The summed E-state index contributed by atoms with van der Waals surface area (Å²) < 4.78 is 0. The van der Waals surface area contributed by atoms with Crippen molar-refractivity contribution >= 4 is 130 Å². The fourth-order valence-electron chi connectivity index (χ4n) is 11.1. The number of aromatic nitrogens is 4. The second kappa shape index (κ2) is 55.7. The molecule has 56 heteroatoms. The standard InChI is InChI=1S/C71H109N19O36S/c72-32(62(117)87-38(18-52(108)109)68(123)88-39(28-127)70(125)126)21-80-63(118)33(7-12-46(100)76-22-40(94)54(110)57(113)43(97)25-91)83-66(121)36(10-15-50(104)105)86-65(120)35(9-14-48(102)78-24-42(96)56(112)59(115)45(99)27-93)84-67(122)37(11-16-51(106)107)85-64(119)34(8-13-47(101)77-23-41(95)55(111)58(114)44(98)26-92)82-49(103)2-1-17-74-61(116)29-3-5-30(6-4-29)75-19-31-20-79-60-53(81-31)69(124)90-71(73)89-60/h3-6,20,32-45,54-59,75,91-99,110-115,127H,1-2,7-19,21-28,72H2,(H,74,116)(H,76,100)(H,77,101)(H,78,102)(H,80,118)(H,82,103)(H,83,121)(H,84,122)(H,85,119)(H,86,120)(H,87,117)(H,88,123)(H,104,105)(H,106,107)(H,108,109)(H,125,126)(H3,73,79,89,90,124)/t32-,33-,34-,35-,36-,37-,38-,39-,40-,41-,42-,43+,44+,45+,54+,55+,56+,57+,58+,59+/m0/s1. The van der Waals surface area contributed by atoms with E-state index >= 15 is 0 Å². The SMILES string of the molecule is Nc1nc(=O)c2nc(CNc3ccc(C(=O)NCCCC(=O)N[C@@H](CCC(=O)NC[C@H](O)[C@@H](O)[C@H](O)[C@H](O)CO)C(=O)N[C@@H](CCC(=O)O)C(=O)N[C@@H](CCC(=O)NC[C@H](O)[C@@H](O)[C@H](O)[C@H](O)CO)C(=O)N[C@@H](CCC(=O)O)C(=O)N[C@@H](CCC(=O)NC[C@H](O)[C@@H](O)[C@H](O)[C@H](O)CO)C(=O)NC[C@H](N)C(=O)N[C@@H](CC(=O)O)C(=O)N[C@@H](CS)C(=O)O)cc3)cnc2[nH]1. The monoisotopic (exact) mass is 1840 g/mol. The first kappa shape index (κ1) is 109. The van der Waals surface area contributed by atoms with Crippen LogP contribution in [0.3, 0.4) is 0 Å². The number of nitrogens with two attached hydrogens (primary N) is 2. The molecule has 0 spiro atoms. The third-order valence-corrected chi connectivity index (χ3v) is 18.9. The van der Waals surface area contributed by atoms with Crippen molar-refractivity contribution in [1.29, 1.82) is 0 Å². The summed E-state index contributed by atoms with van der Waals surface area (Å²) in [5, 5.41) is 217. The summed E-state index contributed by atoms with van der Waals surface area (Å²) in [6.45, 7) is -7.22. The van der Waals surface area contributed by atoms with Crippen LogP contribution in [0.1, 0.15) is 99.5 Å². The summed E-state index contributed by atoms with van der Waals surface area (Å²) in [6, 6.07) is -10.5. The number of rotatable bonds is 61. The summed E-state index contributed by atoms with van der Waals surface area (Å²) in [5.74, 6) is -22.6. The van der Waals surface area contributed by atoms with Crippen molar-refractivity contribution in [2.45, 2.75) is 212 Å². The van der Waals surface area contributed by atoms with Crippen LogP contribution in [0, 0.1) is 0 Å². The second-order valence-electron chi connectivity index (χ2n) is 28.5. The minimum atomic E-state index is -2.27. The van der Waals surface area contributed by atoms with E-state index in [1.54, 1.807) is 0 Å². The van der Waals surface area contributed by atoms with Gasteiger partial charge in [-0.2, -0.15) is 17.6 Å². The fourth-order valence-corrected chi connectivity index (χ4v) is 11.4. The number of anilines is 2. The van der Waals surface area contributed by atoms with E-state index in [2.05, 4.69) is 91.0 Å². The van der Waals surface area contributed by atoms with Crippen LogP contribution in [0.5, 0.6) is 0 Å². The normalized spacial score (nSPS) is 16.1. The topological polar surface area (TPSA) is 937 Å². The zero-order valence-electron chi connectivity index (χ0n) is 67.6. The summed E-state index contributed by atoms with van der Waals surface area (Å²) in [6.07, 6.45) is -35.3. The summed E-state index contributed by atoms with van der Waals surface area (Å²) >= 11 is 3.80. The van der Waals surface area contributed by atoms with Crippen LogP contribution in [0.15, 0.2) is 35.3 Å². The van der Waals surface area contributed by atoms with Gasteiger partial charge < -0.3 is 183 Å². The molecule has 37 N–H and O–H groups in total. The Morgan fingerprint density at radius 2 is 0.795 bits per heavy atom. The van der Waals surface area contributed by atoms with Crippen LogP contribution in [0.4, 0.5) is 11.6 Å². The van der Waals surface area contributed by atoms with Crippen LogP contribution in [0.25, 0.3) is 11.2 Å². The predicted octanol–water partition coefficient (Wildman–Crippen LogP) is -16.5. The van der Waals surface area contributed by atoms with Crippen LogP contribution in [-0.4, -0.2) is 392 Å². The summed E-state index contributed by atoms with van der Waals surface area (Å²) in [4.78, 5) is 241. The number of nitrogens with zero attached hydrogens (tertiary/aromatic N) is 3. The molecule has 0 fully saturated rings. The zero-order chi connectivity index (χ0) is 95.6. The van der Waals surface area contributed by atoms with Crippen molar-refractivity contribution in [3.8, 4) is 0 Å². The maximum absolute atomic E-state index is 14.8. The molecule has 0 unspecified atom stereocenters. The number of thiol groups is 1. The van der Waals surface area contributed by atoms with Crippen molar-refractivity contribution in [3.05, 3.63) is 52.1 Å². The van der Waals surface area contributed by atoms with E-state index in [9.17, 15) is 179 Å². The number of aromatic amines is 1. The largest absolute Gasteiger partial charge is 0.481 e. The van der Waals surface area contributed by atoms with E-state index in [0.29, 0.717) is 11.4 Å². The quantitative estimate of drug-likeness (QED) is 0.0184. The number of aliphatic hydroxyl groups excluding tert-OH is 15. The highest BCUT2D eigenvalue weighted by atomic mass is 32.1. The Morgan fingerprint density at radius 3 is 1.19 bits per heavy atom. The lowest BCUT2D eigenvalue weighted by Crippen LogP contribution is -2.60. The molecule has 0 saturated heterocycles. The lowest BCUT2D eigenvalue weighted by atomic mass is 10.0. The molecule has 20 atom stereocenters. The number of hydrogen-bond donors (Lipinski definition) is 36. The number of nitrogens with one attached hydrogen (secondary N) is 14. The molecule has 0 bridgehead atoms. The van der Waals surface area contributed by atoms with Gasteiger partial charge in [0.2, 0.25) is 70.9 Å². The van der Waals surface area contributed by atoms with Crippen molar-refractivity contribution in [2.24, 2.45) is 5.73 Å². The van der Waals surface area contributed by atoms with Gasteiger partial charge in [0.1, 0.15) is 103 Å². The molecule has 0 radical (unpaired) electrons. The van der Waals surface area contributed by atoms with Crippen LogP contribution < -0.4 is 86.1 Å². The Kier molecular flexibility index (Phi) is 48.0. The van der Waals surface area contributed by atoms with Crippen molar-refractivity contribution < 1.29 is 174 Å². The molecular weight excluding hydrogens is 1730 g/mol. The van der Waals surface area contributed by atoms with Gasteiger partial charge in [-0.15, -0.1) is 0 Å². The molecule has 710 valence electrons. The van der Waals surface area contributed by atoms with Crippen LogP contribution >= 0.6 is 12.6 Å². The maximum atomic E-state index is 14.8. The molecule has 0 aliphatic heterocycles. The number of carboxylic acids is 4. The molecule has 0 aliphatic carbocycles. The van der Waals surface area contributed by atoms with E-state index in [1.807, 2.05) is 10.6 Å². The third kappa shape index (κ3) is 39.0. The number of amides is 12. The van der Waals surface area contributed by atoms with Gasteiger partial charge in [-0.25, -0.2) is 14.8 Å². The Labute approximate surface area is 723 Å². The first-order valence-electron chi connectivity index (χ1n) is 38.8. The average Bonchev–Trinajstić information content (AvgIpc) is 0.807. The first-order chi connectivity index (χ1) is 59.7.